The number of rotatable bonds is 4. The first-order valence-electron chi connectivity index (χ1n) is 6.41. The lowest BCUT2D eigenvalue weighted by molar-refractivity contribution is 0.416. The number of phenols is 2. The third-order valence-corrected chi connectivity index (χ3v) is 3.15. The van der Waals surface area contributed by atoms with Crippen LogP contribution < -0.4 is 10.1 Å². The SMILES string of the molecule is COc1cccc(C#N)c1NC(C)c1cc(O)cc(O)c1. The maximum atomic E-state index is 9.55. The van der Waals surface area contributed by atoms with Gasteiger partial charge >= 0.3 is 0 Å². The molecule has 2 aromatic rings. The standard InChI is InChI=1S/C16H16N2O3/c1-10(12-6-13(19)8-14(20)7-12)18-16-11(9-17)4-3-5-15(16)21-2/h3-8,10,18-20H,1-2H3. The van der Waals surface area contributed by atoms with Crippen LogP contribution in [0.4, 0.5) is 5.69 Å². The molecule has 0 heterocycles. The number of phenolic OH excluding ortho intramolecular Hbond substituents is 2. The van der Waals surface area contributed by atoms with Gasteiger partial charge in [0.15, 0.2) is 0 Å². The fourth-order valence-corrected chi connectivity index (χ4v) is 2.11. The number of hydrogen-bond donors (Lipinski definition) is 3. The van der Waals surface area contributed by atoms with Crippen molar-refractivity contribution < 1.29 is 14.9 Å². The molecule has 0 saturated heterocycles. The van der Waals surface area contributed by atoms with Crippen molar-refractivity contribution in [2.24, 2.45) is 0 Å². The van der Waals surface area contributed by atoms with Crippen LogP contribution in [0.2, 0.25) is 0 Å². The van der Waals surface area contributed by atoms with E-state index >= 15 is 0 Å². The van der Waals surface area contributed by atoms with E-state index in [-0.39, 0.29) is 17.5 Å². The second-order valence-electron chi connectivity index (χ2n) is 4.64. The zero-order chi connectivity index (χ0) is 15.4. The molecule has 0 aliphatic rings. The van der Waals surface area contributed by atoms with Gasteiger partial charge in [-0.05, 0) is 36.8 Å². The molecule has 0 aliphatic carbocycles. The molecule has 108 valence electrons. The number of methoxy groups -OCH3 is 1. The molecular formula is C16H16N2O3. The number of aromatic hydroxyl groups is 2. The van der Waals surface area contributed by atoms with E-state index in [1.54, 1.807) is 30.3 Å². The van der Waals surface area contributed by atoms with Crippen LogP contribution >= 0.6 is 0 Å². The molecule has 0 bridgehead atoms. The van der Waals surface area contributed by atoms with Gasteiger partial charge in [0.05, 0.1) is 18.4 Å². The highest BCUT2D eigenvalue weighted by Gasteiger charge is 2.14. The summed E-state index contributed by atoms with van der Waals surface area (Å²) in [6.45, 7) is 1.86. The number of nitriles is 1. The molecule has 3 N–H and O–H groups in total. The van der Waals surface area contributed by atoms with Crippen LogP contribution in [0.1, 0.15) is 24.1 Å². The molecule has 0 amide bonds. The molecule has 0 fully saturated rings. The average Bonchev–Trinajstić information content (AvgIpc) is 2.46. The second-order valence-corrected chi connectivity index (χ2v) is 4.64. The van der Waals surface area contributed by atoms with Crippen LogP contribution in [-0.2, 0) is 0 Å². The molecule has 0 radical (unpaired) electrons. The van der Waals surface area contributed by atoms with Gasteiger partial charge in [0.1, 0.15) is 23.3 Å². The van der Waals surface area contributed by atoms with Gasteiger partial charge < -0.3 is 20.3 Å². The largest absolute Gasteiger partial charge is 0.508 e. The summed E-state index contributed by atoms with van der Waals surface area (Å²) in [6.07, 6.45) is 0. The van der Waals surface area contributed by atoms with E-state index in [4.69, 9.17) is 4.74 Å². The van der Waals surface area contributed by atoms with Crippen molar-refractivity contribution in [2.45, 2.75) is 13.0 Å². The van der Waals surface area contributed by atoms with Crippen LogP contribution in [0.15, 0.2) is 36.4 Å². The van der Waals surface area contributed by atoms with Crippen molar-refractivity contribution in [1.82, 2.24) is 0 Å². The fraction of sp³-hybridized carbons (Fsp3) is 0.188. The van der Waals surface area contributed by atoms with E-state index in [2.05, 4.69) is 11.4 Å². The maximum absolute atomic E-state index is 9.55. The topological polar surface area (TPSA) is 85.5 Å². The predicted octanol–water partition coefficient (Wildman–Crippen LogP) is 3.15. The van der Waals surface area contributed by atoms with Gasteiger partial charge in [0.25, 0.3) is 0 Å². The predicted molar refractivity (Wildman–Crippen MR) is 79.5 cm³/mol. The van der Waals surface area contributed by atoms with Gasteiger partial charge in [-0.3, -0.25) is 0 Å². The lowest BCUT2D eigenvalue weighted by Crippen LogP contribution is -2.09. The zero-order valence-electron chi connectivity index (χ0n) is 11.8. The van der Waals surface area contributed by atoms with Crippen LogP contribution in [0, 0.1) is 11.3 Å². The van der Waals surface area contributed by atoms with Crippen LogP contribution in [0.3, 0.4) is 0 Å². The number of ether oxygens (including phenoxy) is 1. The Labute approximate surface area is 123 Å². The van der Waals surface area contributed by atoms with E-state index in [0.29, 0.717) is 22.6 Å². The molecule has 0 spiro atoms. The minimum atomic E-state index is -0.230. The third-order valence-electron chi connectivity index (χ3n) is 3.15. The zero-order valence-corrected chi connectivity index (χ0v) is 11.8. The normalized spacial score (nSPS) is 11.5. The monoisotopic (exact) mass is 284 g/mol. The molecule has 0 aliphatic heterocycles. The summed E-state index contributed by atoms with van der Waals surface area (Å²) in [4.78, 5) is 0. The Morgan fingerprint density at radius 1 is 1.19 bits per heavy atom. The van der Waals surface area contributed by atoms with Crippen LogP contribution in [-0.4, -0.2) is 17.3 Å². The summed E-state index contributed by atoms with van der Waals surface area (Å²) in [7, 11) is 1.53. The average molecular weight is 284 g/mol. The second kappa shape index (κ2) is 6.06. The van der Waals surface area contributed by atoms with Gasteiger partial charge in [0.2, 0.25) is 0 Å². The molecule has 5 heteroatoms. The highest BCUT2D eigenvalue weighted by molar-refractivity contribution is 5.67. The first kappa shape index (κ1) is 14.5. The van der Waals surface area contributed by atoms with Gasteiger partial charge in [0, 0.05) is 12.1 Å². The van der Waals surface area contributed by atoms with Crippen molar-refractivity contribution >= 4 is 5.69 Å². The molecule has 2 rings (SSSR count). The summed E-state index contributed by atoms with van der Waals surface area (Å²) >= 11 is 0. The molecule has 0 aromatic heterocycles. The molecule has 5 nitrogen and oxygen atoms in total. The van der Waals surface area contributed by atoms with Crippen molar-refractivity contribution in [1.29, 1.82) is 5.26 Å². The van der Waals surface area contributed by atoms with Gasteiger partial charge in [-0.25, -0.2) is 0 Å². The molecule has 2 aromatic carbocycles. The lowest BCUT2D eigenvalue weighted by atomic mass is 10.1. The number of para-hydroxylation sites is 1. The molecule has 0 saturated carbocycles. The van der Waals surface area contributed by atoms with E-state index < -0.39 is 0 Å². The summed E-state index contributed by atoms with van der Waals surface area (Å²) in [5, 5.41) is 31.5. The van der Waals surface area contributed by atoms with E-state index in [1.807, 2.05) is 6.92 Å². The minimum Gasteiger partial charge on any atom is -0.508 e. The first-order valence-corrected chi connectivity index (χ1v) is 6.41. The lowest BCUT2D eigenvalue weighted by Gasteiger charge is -2.19. The number of hydrogen-bond acceptors (Lipinski definition) is 5. The van der Waals surface area contributed by atoms with Crippen molar-refractivity contribution in [3.05, 3.63) is 47.5 Å². The van der Waals surface area contributed by atoms with Crippen molar-refractivity contribution in [2.75, 3.05) is 12.4 Å². The minimum absolute atomic E-state index is 0.0146. The van der Waals surface area contributed by atoms with Gasteiger partial charge in [-0.15, -0.1) is 0 Å². The van der Waals surface area contributed by atoms with Crippen molar-refractivity contribution in [3.63, 3.8) is 0 Å². The molecule has 1 unspecified atom stereocenters. The van der Waals surface area contributed by atoms with Crippen LogP contribution in [0.5, 0.6) is 17.2 Å². The Morgan fingerprint density at radius 2 is 1.86 bits per heavy atom. The van der Waals surface area contributed by atoms with Gasteiger partial charge in [-0.1, -0.05) is 6.07 Å². The number of benzene rings is 2. The van der Waals surface area contributed by atoms with E-state index in [9.17, 15) is 15.5 Å². The van der Waals surface area contributed by atoms with Crippen molar-refractivity contribution in [3.8, 4) is 23.3 Å². The number of nitrogens with one attached hydrogen (secondary N) is 1. The fourth-order valence-electron chi connectivity index (χ4n) is 2.11. The summed E-state index contributed by atoms with van der Waals surface area (Å²) in [6, 6.07) is 11.4. The van der Waals surface area contributed by atoms with E-state index in [1.165, 1.54) is 13.2 Å². The Hall–Kier alpha value is -2.87. The molecule has 21 heavy (non-hydrogen) atoms. The Kier molecular flexibility index (Phi) is 4.19. The smallest absolute Gasteiger partial charge is 0.143 e. The Balaban J connectivity index is 2.35. The van der Waals surface area contributed by atoms with Gasteiger partial charge in [-0.2, -0.15) is 5.26 Å². The highest BCUT2D eigenvalue weighted by Crippen LogP contribution is 2.33. The summed E-state index contributed by atoms with van der Waals surface area (Å²) < 4.78 is 5.26. The summed E-state index contributed by atoms with van der Waals surface area (Å²) in [5.41, 5.74) is 1.74. The number of anilines is 1. The third kappa shape index (κ3) is 3.18. The quantitative estimate of drug-likeness (QED) is 0.803. The maximum Gasteiger partial charge on any atom is 0.143 e. The van der Waals surface area contributed by atoms with E-state index in [0.717, 1.165) is 0 Å². The Bertz CT molecular complexity index is 672. The molecule has 1 atom stereocenters. The van der Waals surface area contributed by atoms with Crippen LogP contribution in [0.25, 0.3) is 0 Å². The Morgan fingerprint density at radius 3 is 2.43 bits per heavy atom. The number of nitrogens with zero attached hydrogens (tertiary/aromatic N) is 1. The summed E-state index contributed by atoms with van der Waals surface area (Å²) in [5.74, 6) is 0.531. The first-order chi connectivity index (χ1) is 10.0. The highest BCUT2D eigenvalue weighted by atomic mass is 16.5. The molecular weight excluding hydrogens is 268 g/mol.